The molecule has 2 rings (SSSR count). The van der Waals surface area contributed by atoms with Crippen molar-refractivity contribution in [2.24, 2.45) is 5.92 Å². The van der Waals surface area contributed by atoms with Gasteiger partial charge in [0.05, 0.1) is 17.1 Å². The Morgan fingerprint density at radius 1 is 1.30 bits per heavy atom. The highest BCUT2D eigenvalue weighted by Gasteiger charge is 2.18. The Labute approximate surface area is 120 Å². The van der Waals surface area contributed by atoms with Crippen LogP contribution >= 0.6 is 0 Å². The molecule has 0 saturated carbocycles. The van der Waals surface area contributed by atoms with Crippen LogP contribution in [0.15, 0.2) is 24.3 Å². The van der Waals surface area contributed by atoms with Crippen molar-refractivity contribution in [1.82, 2.24) is 14.9 Å². The van der Waals surface area contributed by atoms with E-state index in [-0.39, 0.29) is 11.9 Å². The molecular weight excluding hydrogens is 250 g/mol. The molecule has 0 aliphatic heterocycles. The average molecular weight is 273 g/mol. The van der Waals surface area contributed by atoms with Crippen molar-refractivity contribution >= 4 is 16.9 Å². The first kappa shape index (κ1) is 14.6. The van der Waals surface area contributed by atoms with Gasteiger partial charge in [-0.3, -0.25) is 4.79 Å². The summed E-state index contributed by atoms with van der Waals surface area (Å²) < 4.78 is 2.22. The minimum absolute atomic E-state index is 0.0562. The maximum atomic E-state index is 11.6. The second-order valence-corrected chi connectivity index (χ2v) is 5.61. The molecule has 2 aromatic rings. The minimum Gasteiger partial charge on any atom is -0.346 e. The molecule has 20 heavy (non-hydrogen) atoms. The third-order valence-corrected chi connectivity index (χ3v) is 3.32. The SMILES string of the molecule is CCC(=O)NC(C)c1nc2ccccc2n1CC(C)C. The molecule has 1 atom stereocenters. The third-order valence-electron chi connectivity index (χ3n) is 3.32. The van der Waals surface area contributed by atoms with E-state index < -0.39 is 0 Å². The lowest BCUT2D eigenvalue weighted by molar-refractivity contribution is -0.121. The molecule has 0 bridgehead atoms. The Morgan fingerprint density at radius 2 is 2.00 bits per heavy atom. The summed E-state index contributed by atoms with van der Waals surface area (Å²) in [6.07, 6.45) is 0.495. The fraction of sp³-hybridized carbons (Fsp3) is 0.500. The quantitative estimate of drug-likeness (QED) is 0.908. The van der Waals surface area contributed by atoms with Gasteiger partial charge in [-0.2, -0.15) is 0 Å². The molecule has 0 fully saturated rings. The highest BCUT2D eigenvalue weighted by Crippen LogP contribution is 2.22. The number of hydrogen-bond donors (Lipinski definition) is 1. The number of imidazole rings is 1. The van der Waals surface area contributed by atoms with E-state index in [1.54, 1.807) is 0 Å². The molecule has 1 aromatic heterocycles. The lowest BCUT2D eigenvalue weighted by Crippen LogP contribution is -2.28. The van der Waals surface area contributed by atoms with Gasteiger partial charge >= 0.3 is 0 Å². The number of hydrogen-bond acceptors (Lipinski definition) is 2. The second-order valence-electron chi connectivity index (χ2n) is 5.61. The normalized spacial score (nSPS) is 12.8. The molecule has 0 radical (unpaired) electrons. The van der Waals surface area contributed by atoms with Crippen LogP contribution < -0.4 is 5.32 Å². The number of amides is 1. The molecule has 1 heterocycles. The molecule has 1 aromatic carbocycles. The molecule has 4 nitrogen and oxygen atoms in total. The van der Waals surface area contributed by atoms with Gasteiger partial charge in [0.1, 0.15) is 5.82 Å². The van der Waals surface area contributed by atoms with E-state index >= 15 is 0 Å². The summed E-state index contributed by atoms with van der Waals surface area (Å²) in [6.45, 7) is 9.13. The topological polar surface area (TPSA) is 46.9 Å². The largest absolute Gasteiger partial charge is 0.346 e. The molecule has 4 heteroatoms. The van der Waals surface area contributed by atoms with Crippen molar-refractivity contribution < 1.29 is 4.79 Å². The highest BCUT2D eigenvalue weighted by molar-refractivity contribution is 5.77. The first-order valence-electron chi connectivity index (χ1n) is 7.27. The number of nitrogens with zero attached hydrogens (tertiary/aromatic N) is 2. The number of aromatic nitrogens is 2. The first-order chi connectivity index (χ1) is 9.52. The van der Waals surface area contributed by atoms with Crippen molar-refractivity contribution in [3.63, 3.8) is 0 Å². The summed E-state index contributed by atoms with van der Waals surface area (Å²) in [5.41, 5.74) is 2.12. The van der Waals surface area contributed by atoms with E-state index in [4.69, 9.17) is 4.98 Å². The van der Waals surface area contributed by atoms with Gasteiger partial charge in [0.15, 0.2) is 0 Å². The zero-order chi connectivity index (χ0) is 14.7. The van der Waals surface area contributed by atoms with Gasteiger partial charge in [0.2, 0.25) is 5.91 Å². The van der Waals surface area contributed by atoms with Crippen molar-refractivity contribution in [2.45, 2.75) is 46.7 Å². The molecule has 1 amide bonds. The van der Waals surface area contributed by atoms with Crippen LogP contribution in [0.1, 0.15) is 46.0 Å². The molecule has 0 saturated heterocycles. The lowest BCUT2D eigenvalue weighted by atomic mass is 10.2. The maximum absolute atomic E-state index is 11.6. The van der Waals surface area contributed by atoms with Crippen LogP contribution in [0, 0.1) is 5.92 Å². The molecular formula is C16H23N3O. The number of fused-ring (bicyclic) bond motifs is 1. The van der Waals surface area contributed by atoms with Gasteiger partial charge in [-0.15, -0.1) is 0 Å². The number of rotatable bonds is 5. The van der Waals surface area contributed by atoms with Gasteiger partial charge in [0.25, 0.3) is 0 Å². The smallest absolute Gasteiger partial charge is 0.220 e. The van der Waals surface area contributed by atoms with E-state index in [1.165, 1.54) is 0 Å². The lowest BCUT2D eigenvalue weighted by Gasteiger charge is -2.17. The van der Waals surface area contributed by atoms with Crippen molar-refractivity contribution in [3.05, 3.63) is 30.1 Å². The average Bonchev–Trinajstić information content (AvgIpc) is 2.77. The fourth-order valence-electron chi connectivity index (χ4n) is 2.39. The predicted octanol–water partition coefficient (Wildman–Crippen LogP) is 3.28. The Morgan fingerprint density at radius 3 is 2.65 bits per heavy atom. The fourth-order valence-corrected chi connectivity index (χ4v) is 2.39. The number of carbonyl (C=O) groups excluding carboxylic acids is 1. The van der Waals surface area contributed by atoms with E-state index in [0.717, 1.165) is 23.4 Å². The van der Waals surface area contributed by atoms with Crippen molar-refractivity contribution in [1.29, 1.82) is 0 Å². The standard InChI is InChI=1S/C16H23N3O/c1-5-15(20)17-12(4)16-18-13-8-6-7-9-14(13)19(16)10-11(2)3/h6-9,11-12H,5,10H2,1-4H3,(H,17,20). The zero-order valence-electron chi connectivity index (χ0n) is 12.7. The van der Waals surface area contributed by atoms with Crippen LogP contribution in [-0.4, -0.2) is 15.5 Å². The summed E-state index contributed by atoms with van der Waals surface area (Å²) in [6, 6.07) is 8.05. The van der Waals surface area contributed by atoms with Crippen LogP contribution in [0.5, 0.6) is 0 Å². The van der Waals surface area contributed by atoms with Crippen LogP contribution in [0.4, 0.5) is 0 Å². The predicted molar refractivity (Wildman–Crippen MR) is 81.4 cm³/mol. The zero-order valence-corrected chi connectivity index (χ0v) is 12.7. The van der Waals surface area contributed by atoms with Crippen LogP contribution in [-0.2, 0) is 11.3 Å². The van der Waals surface area contributed by atoms with E-state index in [0.29, 0.717) is 12.3 Å². The monoisotopic (exact) mass is 273 g/mol. The van der Waals surface area contributed by atoms with Crippen molar-refractivity contribution in [3.8, 4) is 0 Å². The molecule has 0 spiro atoms. The van der Waals surface area contributed by atoms with E-state index in [9.17, 15) is 4.79 Å². The second kappa shape index (κ2) is 6.07. The number of carbonyl (C=O) groups is 1. The third kappa shape index (κ3) is 3.00. The molecule has 0 aliphatic carbocycles. The number of nitrogens with one attached hydrogen (secondary N) is 1. The molecule has 0 aliphatic rings. The number of benzene rings is 1. The van der Waals surface area contributed by atoms with Gasteiger partial charge in [-0.1, -0.05) is 32.9 Å². The van der Waals surface area contributed by atoms with Gasteiger partial charge in [-0.25, -0.2) is 4.98 Å². The van der Waals surface area contributed by atoms with Gasteiger partial charge in [-0.05, 0) is 25.0 Å². The summed E-state index contributed by atoms with van der Waals surface area (Å²) in [4.78, 5) is 16.3. The molecule has 1 N–H and O–H groups in total. The first-order valence-corrected chi connectivity index (χ1v) is 7.27. The Balaban J connectivity index is 2.42. The Hall–Kier alpha value is -1.84. The maximum Gasteiger partial charge on any atom is 0.220 e. The van der Waals surface area contributed by atoms with Gasteiger partial charge < -0.3 is 9.88 Å². The summed E-state index contributed by atoms with van der Waals surface area (Å²) in [7, 11) is 0. The Bertz CT molecular complexity index is 601. The van der Waals surface area contributed by atoms with Crippen LogP contribution in [0.25, 0.3) is 11.0 Å². The molecule has 108 valence electrons. The van der Waals surface area contributed by atoms with E-state index in [2.05, 4.69) is 29.8 Å². The Kier molecular flexibility index (Phi) is 4.42. The minimum atomic E-state index is -0.0754. The van der Waals surface area contributed by atoms with Crippen LogP contribution in [0.3, 0.4) is 0 Å². The molecule has 1 unspecified atom stereocenters. The van der Waals surface area contributed by atoms with Crippen molar-refractivity contribution in [2.75, 3.05) is 0 Å². The van der Waals surface area contributed by atoms with E-state index in [1.807, 2.05) is 32.0 Å². The van der Waals surface area contributed by atoms with Gasteiger partial charge in [0, 0.05) is 13.0 Å². The van der Waals surface area contributed by atoms with Crippen LogP contribution in [0.2, 0.25) is 0 Å². The number of para-hydroxylation sites is 2. The highest BCUT2D eigenvalue weighted by atomic mass is 16.1. The summed E-state index contributed by atoms with van der Waals surface area (Å²) >= 11 is 0. The summed E-state index contributed by atoms with van der Waals surface area (Å²) in [5.74, 6) is 1.52. The summed E-state index contributed by atoms with van der Waals surface area (Å²) in [5, 5.41) is 3.00.